The summed E-state index contributed by atoms with van der Waals surface area (Å²) in [6, 6.07) is 5.28. The maximum absolute atomic E-state index is 13.2. The van der Waals surface area contributed by atoms with Crippen molar-refractivity contribution < 1.29 is 9.59 Å². The van der Waals surface area contributed by atoms with E-state index in [2.05, 4.69) is 44.4 Å². The van der Waals surface area contributed by atoms with Gasteiger partial charge in [0.15, 0.2) is 0 Å². The third-order valence-corrected chi connectivity index (χ3v) is 8.01. The highest BCUT2D eigenvalue weighted by Gasteiger charge is 2.31. The number of carbonyl (C=O) groups excluding carboxylic acids is 2. The molecule has 2 amide bonds. The summed E-state index contributed by atoms with van der Waals surface area (Å²) < 4.78 is 1.67. The highest BCUT2D eigenvalue weighted by atomic mass is 32.1. The van der Waals surface area contributed by atoms with E-state index in [9.17, 15) is 9.59 Å². The van der Waals surface area contributed by atoms with Crippen molar-refractivity contribution in [1.82, 2.24) is 29.8 Å². The molecule has 37 heavy (non-hydrogen) atoms. The second kappa shape index (κ2) is 9.91. The van der Waals surface area contributed by atoms with E-state index >= 15 is 0 Å². The number of nitrogens with one attached hydrogen (secondary N) is 2. The lowest BCUT2D eigenvalue weighted by atomic mass is 10.0. The smallest absolute Gasteiger partial charge is 0.260 e. The third-order valence-electron chi connectivity index (χ3n) is 6.85. The average molecular weight is 519 g/mol. The Hall–Kier alpha value is -3.83. The molecule has 1 aliphatic rings. The van der Waals surface area contributed by atoms with E-state index in [-0.39, 0.29) is 17.4 Å². The summed E-state index contributed by atoms with van der Waals surface area (Å²) in [5.41, 5.74) is 8.68. The molecule has 1 saturated heterocycles. The predicted molar refractivity (Wildman–Crippen MR) is 145 cm³/mol. The first kappa shape index (κ1) is 24.8. The van der Waals surface area contributed by atoms with Crippen molar-refractivity contribution in [2.24, 2.45) is 0 Å². The number of aryl methyl sites for hydroxylation is 1. The van der Waals surface area contributed by atoms with Crippen LogP contribution in [0.5, 0.6) is 0 Å². The van der Waals surface area contributed by atoms with Gasteiger partial charge in [0.25, 0.3) is 11.8 Å². The molecule has 0 bridgehead atoms. The summed E-state index contributed by atoms with van der Waals surface area (Å²) in [5.74, 6) is -0.0916. The fourth-order valence-electron chi connectivity index (χ4n) is 4.58. The van der Waals surface area contributed by atoms with Crippen LogP contribution in [-0.4, -0.2) is 61.5 Å². The standard InChI is InChI=1S/C26H30N8O2S/c1-16-20(11-18(13-29-16)23(35)28-8-10-33-9-4-7-26(33,2)3)32-24(36)19-14-31-34-15-21(37-25(19)34)17-5-6-22(27)30-12-17/h5-6,11-15H,4,7-10H2,1-3H3,(H2,27,30)(H,28,35)(H,32,36). The second-order valence-corrected chi connectivity index (χ2v) is 10.9. The molecule has 1 fully saturated rings. The summed E-state index contributed by atoms with van der Waals surface area (Å²) in [6.45, 7) is 8.67. The van der Waals surface area contributed by atoms with E-state index in [1.807, 2.05) is 12.3 Å². The number of fused-ring (bicyclic) bond motifs is 1. The number of nitrogens with two attached hydrogens (primary N) is 1. The lowest BCUT2D eigenvalue weighted by Gasteiger charge is -2.31. The van der Waals surface area contributed by atoms with Gasteiger partial charge in [-0.3, -0.25) is 19.5 Å². The topological polar surface area (TPSA) is 131 Å². The molecule has 10 nitrogen and oxygen atoms in total. The minimum absolute atomic E-state index is 0.169. The molecule has 4 aromatic rings. The molecule has 0 radical (unpaired) electrons. The van der Waals surface area contributed by atoms with Gasteiger partial charge in [0.05, 0.1) is 33.6 Å². The molecular weight excluding hydrogens is 488 g/mol. The van der Waals surface area contributed by atoms with Crippen molar-refractivity contribution in [2.45, 2.75) is 39.2 Å². The number of amides is 2. The van der Waals surface area contributed by atoms with E-state index in [4.69, 9.17) is 5.73 Å². The Morgan fingerprint density at radius 2 is 2.00 bits per heavy atom. The number of rotatable bonds is 7. The van der Waals surface area contributed by atoms with Crippen LogP contribution in [0.4, 0.5) is 11.5 Å². The van der Waals surface area contributed by atoms with Crippen LogP contribution in [0.3, 0.4) is 0 Å². The number of nitrogens with zero attached hydrogens (tertiary/aromatic N) is 5. The normalized spacial score (nSPS) is 15.2. The quantitative estimate of drug-likeness (QED) is 0.341. The van der Waals surface area contributed by atoms with Crippen molar-refractivity contribution in [3.63, 3.8) is 0 Å². The molecule has 4 N–H and O–H groups in total. The molecule has 0 aromatic carbocycles. The third kappa shape index (κ3) is 5.18. The van der Waals surface area contributed by atoms with Crippen molar-refractivity contribution in [3.05, 3.63) is 59.8 Å². The van der Waals surface area contributed by atoms with Crippen LogP contribution >= 0.6 is 11.3 Å². The molecule has 11 heteroatoms. The fourth-order valence-corrected chi connectivity index (χ4v) is 5.63. The molecule has 0 unspecified atom stereocenters. The Kier molecular flexibility index (Phi) is 6.65. The van der Waals surface area contributed by atoms with Gasteiger partial charge in [-0.2, -0.15) is 5.10 Å². The minimum atomic E-state index is -0.322. The van der Waals surface area contributed by atoms with Gasteiger partial charge in [0.2, 0.25) is 0 Å². The van der Waals surface area contributed by atoms with E-state index in [1.165, 1.54) is 36.6 Å². The fraction of sp³-hybridized carbons (Fsp3) is 0.346. The Balaban J connectivity index is 1.27. The molecule has 4 aromatic heterocycles. The first-order chi connectivity index (χ1) is 17.7. The Morgan fingerprint density at radius 1 is 1.16 bits per heavy atom. The summed E-state index contributed by atoms with van der Waals surface area (Å²) in [7, 11) is 0. The van der Waals surface area contributed by atoms with E-state index < -0.39 is 0 Å². The maximum Gasteiger partial charge on any atom is 0.260 e. The van der Waals surface area contributed by atoms with Gasteiger partial charge >= 0.3 is 0 Å². The lowest BCUT2D eigenvalue weighted by molar-refractivity contribution is 0.0938. The Morgan fingerprint density at radius 3 is 2.73 bits per heavy atom. The first-order valence-electron chi connectivity index (χ1n) is 12.2. The van der Waals surface area contributed by atoms with Crippen LogP contribution < -0.4 is 16.4 Å². The van der Waals surface area contributed by atoms with Crippen molar-refractivity contribution >= 4 is 39.5 Å². The van der Waals surface area contributed by atoms with Crippen LogP contribution in [0, 0.1) is 6.92 Å². The molecule has 0 saturated carbocycles. The zero-order chi connectivity index (χ0) is 26.2. The number of carbonyl (C=O) groups is 2. The highest BCUT2D eigenvalue weighted by Crippen LogP contribution is 2.31. The van der Waals surface area contributed by atoms with Crippen LogP contribution in [0.2, 0.25) is 0 Å². The van der Waals surface area contributed by atoms with Crippen LogP contribution in [0.1, 0.15) is 53.1 Å². The number of anilines is 2. The van der Waals surface area contributed by atoms with Gasteiger partial charge in [0.1, 0.15) is 10.6 Å². The van der Waals surface area contributed by atoms with Gasteiger partial charge in [-0.05, 0) is 58.4 Å². The lowest BCUT2D eigenvalue weighted by Crippen LogP contribution is -2.43. The number of hydrogen-bond donors (Lipinski definition) is 3. The summed E-state index contributed by atoms with van der Waals surface area (Å²) in [4.78, 5) is 38.4. The van der Waals surface area contributed by atoms with E-state index in [0.717, 1.165) is 23.5 Å². The molecule has 5 heterocycles. The van der Waals surface area contributed by atoms with Crippen LogP contribution in [0.15, 0.2) is 43.0 Å². The molecule has 192 valence electrons. The minimum Gasteiger partial charge on any atom is -0.384 e. The van der Waals surface area contributed by atoms with Crippen molar-refractivity contribution in [1.29, 1.82) is 0 Å². The zero-order valence-corrected chi connectivity index (χ0v) is 21.9. The van der Waals surface area contributed by atoms with Gasteiger partial charge in [-0.15, -0.1) is 11.3 Å². The Bertz CT molecular complexity index is 1460. The summed E-state index contributed by atoms with van der Waals surface area (Å²) in [5, 5.41) is 10.2. The number of likely N-dealkylation sites (tertiary alicyclic amines) is 1. The van der Waals surface area contributed by atoms with Crippen molar-refractivity contribution in [2.75, 3.05) is 30.7 Å². The van der Waals surface area contributed by atoms with Gasteiger partial charge in [0, 0.05) is 42.8 Å². The van der Waals surface area contributed by atoms with Crippen LogP contribution in [0.25, 0.3) is 15.3 Å². The van der Waals surface area contributed by atoms with Gasteiger partial charge in [-0.1, -0.05) is 0 Å². The van der Waals surface area contributed by atoms with Crippen molar-refractivity contribution in [3.8, 4) is 10.4 Å². The largest absolute Gasteiger partial charge is 0.384 e. The van der Waals surface area contributed by atoms with Gasteiger partial charge < -0.3 is 16.4 Å². The summed E-state index contributed by atoms with van der Waals surface area (Å²) in [6.07, 6.45) is 8.96. The van der Waals surface area contributed by atoms with E-state index in [1.54, 1.807) is 29.8 Å². The number of nitrogen functional groups attached to an aromatic ring is 1. The first-order valence-corrected chi connectivity index (χ1v) is 13.0. The number of aromatic nitrogens is 4. The number of thiazole rings is 1. The summed E-state index contributed by atoms with van der Waals surface area (Å²) >= 11 is 1.43. The number of pyridine rings is 2. The SMILES string of the molecule is Cc1ncc(C(=O)NCCN2CCCC2(C)C)cc1NC(=O)c1cnn2cc(-c3ccc(N)nc3)sc12. The van der Waals surface area contributed by atoms with Crippen LogP contribution in [-0.2, 0) is 0 Å². The van der Waals surface area contributed by atoms with E-state index in [0.29, 0.717) is 39.7 Å². The maximum atomic E-state index is 13.2. The molecule has 1 aliphatic heterocycles. The molecular formula is C26H30N8O2S. The number of hydrogen-bond acceptors (Lipinski definition) is 8. The average Bonchev–Trinajstić information content (AvgIpc) is 3.55. The molecule has 5 rings (SSSR count). The Labute approximate surface area is 218 Å². The molecule has 0 spiro atoms. The van der Waals surface area contributed by atoms with Gasteiger partial charge in [-0.25, -0.2) is 9.50 Å². The molecule has 0 atom stereocenters. The second-order valence-electron chi connectivity index (χ2n) is 9.85. The highest BCUT2D eigenvalue weighted by molar-refractivity contribution is 7.21. The predicted octanol–water partition coefficient (Wildman–Crippen LogP) is 3.60. The monoisotopic (exact) mass is 518 g/mol. The molecule has 0 aliphatic carbocycles. The zero-order valence-electron chi connectivity index (χ0n) is 21.1.